The maximum absolute atomic E-state index is 11.6. The lowest BCUT2D eigenvalue weighted by molar-refractivity contribution is 0.410. The number of nitrogens with zero attached hydrogens (tertiary/aromatic N) is 2. The third-order valence-electron chi connectivity index (χ3n) is 3.90. The third kappa shape index (κ3) is 3.03. The Labute approximate surface area is 129 Å². The van der Waals surface area contributed by atoms with E-state index in [0.29, 0.717) is 0 Å². The van der Waals surface area contributed by atoms with Crippen LogP contribution in [0, 0.1) is 0 Å². The quantitative estimate of drug-likeness (QED) is 0.840. The monoisotopic (exact) mass is 326 g/mol. The van der Waals surface area contributed by atoms with Gasteiger partial charge in [0.05, 0.1) is 30.7 Å². The molecule has 5 nitrogen and oxygen atoms in total. The van der Waals surface area contributed by atoms with E-state index in [1.807, 2.05) is 36.2 Å². The van der Waals surface area contributed by atoms with E-state index in [-0.39, 0.29) is 23.6 Å². The zero-order valence-corrected chi connectivity index (χ0v) is 13.7. The molecule has 1 saturated heterocycles. The maximum atomic E-state index is 11.6. The second kappa shape index (κ2) is 5.53. The molecule has 114 valence electrons. The van der Waals surface area contributed by atoms with Crippen molar-refractivity contribution in [2.45, 2.75) is 17.8 Å². The van der Waals surface area contributed by atoms with Gasteiger partial charge in [-0.3, -0.25) is 4.99 Å². The lowest BCUT2D eigenvalue weighted by Gasteiger charge is -2.20. The first kappa shape index (κ1) is 14.7. The number of ether oxygens (including phenoxy) is 1. The molecule has 2 heterocycles. The van der Waals surface area contributed by atoms with E-state index < -0.39 is 9.84 Å². The van der Waals surface area contributed by atoms with Crippen LogP contribution in [0.25, 0.3) is 0 Å². The van der Waals surface area contributed by atoms with E-state index in [0.717, 1.165) is 16.7 Å². The standard InChI is InChI=1S/C14H18N2O3S2/c1-16-13-9-21(17,18)8-12(13)15-14(16)20-7-10-3-5-11(19-2)6-4-10/h3-6,12-13H,7-9H2,1-2H3/t12-,13+/m0/s1. The summed E-state index contributed by atoms with van der Waals surface area (Å²) in [6, 6.07) is 7.89. The number of aliphatic imine (C=N–C) groups is 1. The smallest absolute Gasteiger partial charge is 0.159 e. The van der Waals surface area contributed by atoms with Crippen LogP contribution in [0.4, 0.5) is 0 Å². The predicted molar refractivity (Wildman–Crippen MR) is 85.7 cm³/mol. The van der Waals surface area contributed by atoms with Gasteiger partial charge in [-0.15, -0.1) is 0 Å². The van der Waals surface area contributed by atoms with Crippen molar-refractivity contribution in [3.05, 3.63) is 29.8 Å². The SMILES string of the molecule is COc1ccc(CSC2=N[C@H]3CS(=O)(=O)C[C@H]3N2C)cc1. The van der Waals surface area contributed by atoms with Gasteiger partial charge in [-0.2, -0.15) is 0 Å². The summed E-state index contributed by atoms with van der Waals surface area (Å²) in [5.41, 5.74) is 1.20. The van der Waals surface area contributed by atoms with Gasteiger partial charge in [0, 0.05) is 12.8 Å². The van der Waals surface area contributed by atoms with Crippen LogP contribution in [0.1, 0.15) is 5.56 Å². The fourth-order valence-electron chi connectivity index (χ4n) is 2.69. The van der Waals surface area contributed by atoms with Gasteiger partial charge in [0.2, 0.25) is 0 Å². The molecule has 0 bridgehead atoms. The van der Waals surface area contributed by atoms with E-state index in [1.165, 1.54) is 5.56 Å². The fraction of sp³-hybridized carbons (Fsp3) is 0.500. The van der Waals surface area contributed by atoms with E-state index in [4.69, 9.17) is 4.74 Å². The normalized spacial score (nSPS) is 26.6. The Morgan fingerprint density at radius 3 is 2.67 bits per heavy atom. The highest BCUT2D eigenvalue weighted by Gasteiger charge is 2.44. The van der Waals surface area contributed by atoms with Crippen molar-refractivity contribution in [3.8, 4) is 5.75 Å². The topological polar surface area (TPSA) is 59.0 Å². The van der Waals surface area contributed by atoms with Crippen LogP contribution in [0.3, 0.4) is 0 Å². The number of fused-ring (bicyclic) bond motifs is 1. The molecule has 0 radical (unpaired) electrons. The summed E-state index contributed by atoms with van der Waals surface area (Å²) in [5, 5.41) is 0.940. The van der Waals surface area contributed by atoms with Crippen LogP contribution in [-0.4, -0.2) is 56.2 Å². The molecular formula is C14H18N2O3S2. The van der Waals surface area contributed by atoms with Crippen LogP contribution < -0.4 is 4.74 Å². The van der Waals surface area contributed by atoms with Crippen LogP contribution in [0.5, 0.6) is 5.75 Å². The molecule has 0 aliphatic carbocycles. The maximum Gasteiger partial charge on any atom is 0.159 e. The molecule has 0 unspecified atom stereocenters. The van der Waals surface area contributed by atoms with Crippen molar-refractivity contribution in [1.29, 1.82) is 0 Å². The van der Waals surface area contributed by atoms with Crippen LogP contribution in [0.15, 0.2) is 29.3 Å². The van der Waals surface area contributed by atoms with Crippen molar-refractivity contribution in [1.82, 2.24) is 4.90 Å². The minimum atomic E-state index is -2.91. The van der Waals surface area contributed by atoms with Gasteiger partial charge in [-0.05, 0) is 17.7 Å². The molecule has 21 heavy (non-hydrogen) atoms. The van der Waals surface area contributed by atoms with Gasteiger partial charge in [-0.1, -0.05) is 23.9 Å². The zero-order chi connectivity index (χ0) is 15.0. The number of thioether (sulfide) groups is 1. The number of hydrogen-bond donors (Lipinski definition) is 0. The molecule has 1 aromatic rings. The number of likely N-dealkylation sites (N-methyl/N-ethyl adjacent to an activating group) is 1. The largest absolute Gasteiger partial charge is 0.497 e. The average molecular weight is 326 g/mol. The Hall–Kier alpha value is -1.21. The molecule has 3 rings (SSSR count). The lowest BCUT2D eigenvalue weighted by Crippen LogP contribution is -2.35. The number of rotatable bonds is 3. The highest BCUT2D eigenvalue weighted by atomic mass is 32.2. The summed E-state index contributed by atoms with van der Waals surface area (Å²) in [6.45, 7) is 0. The van der Waals surface area contributed by atoms with Crippen molar-refractivity contribution < 1.29 is 13.2 Å². The molecule has 2 aliphatic rings. The van der Waals surface area contributed by atoms with Crippen molar-refractivity contribution in [3.63, 3.8) is 0 Å². The van der Waals surface area contributed by atoms with Gasteiger partial charge in [0.25, 0.3) is 0 Å². The van der Waals surface area contributed by atoms with E-state index >= 15 is 0 Å². The van der Waals surface area contributed by atoms with E-state index in [9.17, 15) is 8.42 Å². The number of methoxy groups -OCH3 is 1. The molecule has 2 aliphatic heterocycles. The van der Waals surface area contributed by atoms with Gasteiger partial charge in [-0.25, -0.2) is 8.42 Å². The van der Waals surface area contributed by atoms with Gasteiger partial charge in [0.1, 0.15) is 5.75 Å². The fourth-order valence-corrected chi connectivity index (χ4v) is 5.64. The van der Waals surface area contributed by atoms with Crippen molar-refractivity contribution >= 4 is 26.8 Å². The number of hydrogen-bond acceptors (Lipinski definition) is 6. The lowest BCUT2D eigenvalue weighted by atomic mass is 10.2. The second-order valence-electron chi connectivity index (χ2n) is 5.37. The van der Waals surface area contributed by atoms with Crippen LogP contribution >= 0.6 is 11.8 Å². The summed E-state index contributed by atoms with van der Waals surface area (Å²) in [7, 11) is 0.679. The molecule has 0 N–H and O–H groups in total. The molecule has 0 spiro atoms. The summed E-state index contributed by atoms with van der Waals surface area (Å²) in [5.74, 6) is 2.08. The van der Waals surface area contributed by atoms with E-state index in [1.54, 1.807) is 18.9 Å². The highest BCUT2D eigenvalue weighted by Crippen LogP contribution is 2.31. The Morgan fingerprint density at radius 2 is 2.05 bits per heavy atom. The van der Waals surface area contributed by atoms with Gasteiger partial charge < -0.3 is 9.64 Å². The molecule has 7 heteroatoms. The minimum absolute atomic E-state index is 0.0216. The molecule has 0 amide bonds. The Bertz CT molecular complexity index is 655. The predicted octanol–water partition coefficient (Wildman–Crippen LogP) is 1.40. The first-order valence-electron chi connectivity index (χ1n) is 6.75. The van der Waals surface area contributed by atoms with Crippen LogP contribution in [-0.2, 0) is 15.6 Å². The number of benzene rings is 1. The van der Waals surface area contributed by atoms with Gasteiger partial charge >= 0.3 is 0 Å². The molecule has 2 atom stereocenters. The Morgan fingerprint density at radius 1 is 1.33 bits per heavy atom. The Kier molecular flexibility index (Phi) is 3.88. The third-order valence-corrected chi connectivity index (χ3v) is 6.72. The molecule has 1 aromatic carbocycles. The molecule has 1 fully saturated rings. The minimum Gasteiger partial charge on any atom is -0.497 e. The van der Waals surface area contributed by atoms with Gasteiger partial charge in [0.15, 0.2) is 15.0 Å². The highest BCUT2D eigenvalue weighted by molar-refractivity contribution is 8.13. The second-order valence-corrected chi connectivity index (χ2v) is 8.47. The zero-order valence-electron chi connectivity index (χ0n) is 12.0. The summed E-state index contributed by atoms with van der Waals surface area (Å²) >= 11 is 1.66. The molecule has 0 aromatic heterocycles. The van der Waals surface area contributed by atoms with Crippen molar-refractivity contribution in [2.24, 2.45) is 4.99 Å². The summed E-state index contributed by atoms with van der Waals surface area (Å²) < 4.78 is 28.4. The number of amidine groups is 1. The molecular weight excluding hydrogens is 308 g/mol. The average Bonchev–Trinajstić information content (AvgIpc) is 2.91. The summed E-state index contributed by atoms with van der Waals surface area (Å²) in [4.78, 5) is 6.59. The van der Waals surface area contributed by atoms with Crippen LogP contribution in [0.2, 0.25) is 0 Å². The Balaban J connectivity index is 1.63. The number of sulfone groups is 1. The molecule has 0 saturated carbocycles. The van der Waals surface area contributed by atoms with E-state index in [2.05, 4.69) is 4.99 Å². The first-order valence-corrected chi connectivity index (χ1v) is 9.56. The first-order chi connectivity index (χ1) is 9.98. The summed E-state index contributed by atoms with van der Waals surface area (Å²) in [6.07, 6.45) is 0. The van der Waals surface area contributed by atoms with Crippen molar-refractivity contribution in [2.75, 3.05) is 25.7 Å².